The van der Waals surface area contributed by atoms with Gasteiger partial charge in [0.15, 0.2) is 5.82 Å². The molecule has 1 aliphatic heterocycles. The van der Waals surface area contributed by atoms with Crippen LogP contribution in [0.3, 0.4) is 0 Å². The van der Waals surface area contributed by atoms with Crippen molar-refractivity contribution in [2.45, 2.75) is 12.8 Å². The van der Waals surface area contributed by atoms with Crippen LogP contribution in [0.5, 0.6) is 11.6 Å². The van der Waals surface area contributed by atoms with Crippen molar-refractivity contribution in [3.8, 4) is 11.6 Å². The topological polar surface area (TPSA) is 76.6 Å². The number of nitrogens with zero attached hydrogens (tertiary/aromatic N) is 3. The van der Waals surface area contributed by atoms with Gasteiger partial charge in [-0.2, -0.15) is 0 Å². The number of rotatable bonds is 8. The van der Waals surface area contributed by atoms with Gasteiger partial charge in [0, 0.05) is 37.6 Å². The fraction of sp³-hybridized carbons (Fsp3) is 0.292. The Balaban J connectivity index is 1.31. The molecule has 4 rings (SSSR count). The van der Waals surface area contributed by atoms with Crippen molar-refractivity contribution >= 4 is 11.7 Å². The largest absolute Gasteiger partial charge is 0.436 e. The maximum absolute atomic E-state index is 12.4. The van der Waals surface area contributed by atoms with E-state index in [-0.39, 0.29) is 5.91 Å². The first-order chi connectivity index (χ1) is 15.3. The van der Waals surface area contributed by atoms with Crippen molar-refractivity contribution in [2.24, 2.45) is 0 Å². The Morgan fingerprint density at radius 3 is 2.52 bits per heavy atom. The Labute approximate surface area is 182 Å². The molecule has 0 unspecified atom stereocenters. The Morgan fingerprint density at radius 1 is 1.00 bits per heavy atom. The van der Waals surface area contributed by atoms with Gasteiger partial charge in [0.05, 0.1) is 13.2 Å². The van der Waals surface area contributed by atoms with Crippen LogP contribution in [-0.2, 0) is 11.2 Å². The van der Waals surface area contributed by atoms with Crippen LogP contribution >= 0.6 is 0 Å². The van der Waals surface area contributed by atoms with Crippen LogP contribution in [0.15, 0.2) is 67.0 Å². The zero-order chi connectivity index (χ0) is 21.3. The van der Waals surface area contributed by atoms with Crippen LogP contribution in [0.4, 0.5) is 5.82 Å². The van der Waals surface area contributed by atoms with Gasteiger partial charge < -0.3 is 19.7 Å². The summed E-state index contributed by atoms with van der Waals surface area (Å²) in [4.78, 5) is 23.3. The number of amides is 1. The molecule has 0 spiro atoms. The van der Waals surface area contributed by atoms with Gasteiger partial charge in [0.25, 0.3) is 11.8 Å². The lowest BCUT2D eigenvalue weighted by Gasteiger charge is -2.28. The number of carbonyl (C=O) groups is 1. The highest BCUT2D eigenvalue weighted by Crippen LogP contribution is 2.28. The van der Waals surface area contributed by atoms with Crippen molar-refractivity contribution < 1.29 is 14.3 Å². The minimum Gasteiger partial charge on any atom is -0.436 e. The second-order valence-electron chi connectivity index (χ2n) is 7.26. The summed E-state index contributed by atoms with van der Waals surface area (Å²) in [5, 5.41) is 2.97. The smallest absolute Gasteiger partial charge is 0.263 e. The second kappa shape index (κ2) is 10.5. The first-order valence-electron chi connectivity index (χ1n) is 10.5. The molecule has 0 aliphatic carbocycles. The molecular formula is C24H26N4O3. The number of anilines is 1. The highest BCUT2D eigenvalue weighted by Gasteiger charge is 2.18. The number of hydrogen-bond acceptors (Lipinski definition) is 6. The number of nitrogens with one attached hydrogen (secondary N) is 1. The summed E-state index contributed by atoms with van der Waals surface area (Å²) >= 11 is 0. The van der Waals surface area contributed by atoms with Crippen LogP contribution in [0, 0.1) is 0 Å². The first-order valence-corrected chi connectivity index (χ1v) is 10.5. The summed E-state index contributed by atoms with van der Waals surface area (Å²) in [5.41, 5.74) is 1.87. The molecule has 1 fully saturated rings. The molecule has 1 amide bonds. The third-order valence-electron chi connectivity index (χ3n) is 5.06. The summed E-state index contributed by atoms with van der Waals surface area (Å²) in [7, 11) is 0. The van der Waals surface area contributed by atoms with Crippen LogP contribution in [0.2, 0.25) is 0 Å². The highest BCUT2D eigenvalue weighted by atomic mass is 16.5. The summed E-state index contributed by atoms with van der Waals surface area (Å²) < 4.78 is 11.4. The van der Waals surface area contributed by atoms with Gasteiger partial charge >= 0.3 is 0 Å². The molecule has 31 heavy (non-hydrogen) atoms. The van der Waals surface area contributed by atoms with Gasteiger partial charge in [-0.25, -0.2) is 9.97 Å². The van der Waals surface area contributed by atoms with E-state index >= 15 is 0 Å². The van der Waals surface area contributed by atoms with Gasteiger partial charge in [-0.05, 0) is 42.7 Å². The van der Waals surface area contributed by atoms with E-state index in [0.29, 0.717) is 42.8 Å². The molecule has 160 valence electrons. The third kappa shape index (κ3) is 5.79. The third-order valence-corrected chi connectivity index (χ3v) is 5.06. The molecule has 2 heterocycles. The Bertz CT molecular complexity index is 974. The summed E-state index contributed by atoms with van der Waals surface area (Å²) in [6.45, 7) is 3.45. The van der Waals surface area contributed by atoms with E-state index in [1.54, 1.807) is 36.7 Å². The van der Waals surface area contributed by atoms with Gasteiger partial charge in [-0.3, -0.25) is 4.79 Å². The van der Waals surface area contributed by atoms with Crippen LogP contribution in [0.1, 0.15) is 22.3 Å². The van der Waals surface area contributed by atoms with Crippen molar-refractivity contribution in [3.05, 3.63) is 78.1 Å². The Morgan fingerprint density at radius 2 is 1.74 bits per heavy atom. The molecule has 1 aliphatic rings. The number of aromatic nitrogens is 2. The van der Waals surface area contributed by atoms with E-state index in [1.165, 1.54) is 5.56 Å². The first kappa shape index (κ1) is 20.8. The summed E-state index contributed by atoms with van der Waals surface area (Å²) in [6.07, 6.45) is 5.10. The molecule has 2 aromatic carbocycles. The van der Waals surface area contributed by atoms with E-state index < -0.39 is 0 Å². The van der Waals surface area contributed by atoms with Crippen LogP contribution in [-0.4, -0.2) is 48.7 Å². The molecule has 1 aromatic heterocycles. The molecule has 0 bridgehead atoms. The molecule has 1 N–H and O–H groups in total. The number of morpholine rings is 1. The lowest BCUT2D eigenvalue weighted by Crippen LogP contribution is -2.37. The predicted molar refractivity (Wildman–Crippen MR) is 119 cm³/mol. The van der Waals surface area contributed by atoms with Crippen LogP contribution < -0.4 is 15.0 Å². The number of aryl methyl sites for hydroxylation is 1. The minimum absolute atomic E-state index is 0.0897. The van der Waals surface area contributed by atoms with E-state index in [2.05, 4.69) is 32.3 Å². The zero-order valence-electron chi connectivity index (χ0n) is 17.4. The van der Waals surface area contributed by atoms with Crippen molar-refractivity contribution in [3.63, 3.8) is 0 Å². The quantitative estimate of drug-likeness (QED) is 0.565. The van der Waals surface area contributed by atoms with E-state index in [0.717, 1.165) is 25.9 Å². The predicted octanol–water partition coefficient (Wildman–Crippen LogP) is 3.47. The normalized spacial score (nSPS) is 13.6. The number of benzene rings is 2. The van der Waals surface area contributed by atoms with Crippen LogP contribution in [0.25, 0.3) is 0 Å². The highest BCUT2D eigenvalue weighted by molar-refractivity contribution is 5.94. The summed E-state index contributed by atoms with van der Waals surface area (Å²) in [5.74, 6) is 1.66. The molecule has 3 aromatic rings. The summed E-state index contributed by atoms with van der Waals surface area (Å²) in [6, 6.07) is 17.3. The Kier molecular flexibility index (Phi) is 7.08. The van der Waals surface area contributed by atoms with E-state index in [4.69, 9.17) is 9.47 Å². The fourth-order valence-electron chi connectivity index (χ4n) is 3.41. The fourth-order valence-corrected chi connectivity index (χ4v) is 3.41. The minimum atomic E-state index is -0.0897. The van der Waals surface area contributed by atoms with E-state index in [9.17, 15) is 4.79 Å². The molecule has 1 saturated heterocycles. The zero-order valence-corrected chi connectivity index (χ0v) is 17.4. The molecule has 7 heteroatoms. The molecule has 0 saturated carbocycles. The molecule has 7 nitrogen and oxygen atoms in total. The average Bonchev–Trinajstić information content (AvgIpc) is 2.84. The number of ether oxygens (including phenoxy) is 2. The SMILES string of the molecule is O=C(NCCCc1ccccc1)c1ccc(Oc2nccnc2N2CCOCC2)cc1. The maximum atomic E-state index is 12.4. The lowest BCUT2D eigenvalue weighted by atomic mass is 10.1. The van der Waals surface area contributed by atoms with Gasteiger partial charge in [-0.1, -0.05) is 30.3 Å². The van der Waals surface area contributed by atoms with Gasteiger partial charge in [0.2, 0.25) is 0 Å². The second-order valence-corrected chi connectivity index (χ2v) is 7.26. The standard InChI is InChI=1S/C24H26N4O3/c29-23(26-12-4-7-19-5-2-1-3-6-19)20-8-10-21(11-9-20)31-24-22(25-13-14-27-24)28-15-17-30-18-16-28/h1-3,5-6,8-11,13-14H,4,7,12,15-18H2,(H,26,29). The Hall–Kier alpha value is -3.45. The van der Waals surface area contributed by atoms with Crippen molar-refractivity contribution in [2.75, 3.05) is 37.7 Å². The molecule has 0 radical (unpaired) electrons. The number of carbonyl (C=O) groups excluding carboxylic acids is 1. The maximum Gasteiger partial charge on any atom is 0.263 e. The molecule has 0 atom stereocenters. The number of hydrogen-bond donors (Lipinski definition) is 1. The monoisotopic (exact) mass is 418 g/mol. The van der Waals surface area contributed by atoms with Gasteiger partial charge in [-0.15, -0.1) is 0 Å². The van der Waals surface area contributed by atoms with Crippen molar-refractivity contribution in [1.82, 2.24) is 15.3 Å². The lowest BCUT2D eigenvalue weighted by molar-refractivity contribution is 0.0953. The average molecular weight is 418 g/mol. The molecular weight excluding hydrogens is 392 g/mol. The van der Waals surface area contributed by atoms with E-state index in [1.807, 2.05) is 18.2 Å². The van der Waals surface area contributed by atoms with Crippen molar-refractivity contribution in [1.29, 1.82) is 0 Å². The van der Waals surface area contributed by atoms with Gasteiger partial charge in [0.1, 0.15) is 5.75 Å².